The maximum Gasteiger partial charge on any atom is 0.205 e. The number of hydrogen-bond donors (Lipinski definition) is 0. The third-order valence-electron chi connectivity index (χ3n) is 5.67. The maximum absolute atomic E-state index is 12.6. The van der Waals surface area contributed by atoms with Crippen molar-refractivity contribution >= 4 is 34.4 Å². The van der Waals surface area contributed by atoms with E-state index in [-0.39, 0.29) is 17.2 Å². The summed E-state index contributed by atoms with van der Waals surface area (Å²) in [5, 5.41) is 9.83. The molecule has 0 bridgehead atoms. The summed E-state index contributed by atoms with van der Waals surface area (Å²) in [6.07, 6.45) is 2.53. The Kier molecular flexibility index (Phi) is 3.72. The normalized spacial score (nSPS) is 28.6. The zero-order valence-electron chi connectivity index (χ0n) is 15.4. The van der Waals surface area contributed by atoms with Crippen LogP contribution in [0, 0.1) is 5.41 Å². The predicted octanol–water partition coefficient (Wildman–Crippen LogP) is 5.42. The molecule has 2 unspecified atom stereocenters. The Balaban J connectivity index is 1.65. The van der Waals surface area contributed by atoms with Crippen molar-refractivity contribution in [2.45, 2.75) is 51.3 Å². The average molecular weight is 401 g/mol. The third-order valence-corrected chi connectivity index (χ3v) is 6.82. The van der Waals surface area contributed by atoms with Crippen molar-refractivity contribution < 1.29 is 9.53 Å². The van der Waals surface area contributed by atoms with E-state index >= 15 is 0 Å². The molecule has 1 aromatic heterocycles. The number of benzene rings is 1. The van der Waals surface area contributed by atoms with Crippen LogP contribution in [0.15, 0.2) is 40.8 Å². The van der Waals surface area contributed by atoms with E-state index in [2.05, 4.69) is 30.3 Å². The van der Waals surface area contributed by atoms with E-state index in [1.165, 1.54) is 4.88 Å². The minimum atomic E-state index is -0.719. The molecule has 0 saturated heterocycles. The van der Waals surface area contributed by atoms with Crippen LogP contribution in [-0.4, -0.2) is 22.2 Å². The lowest BCUT2D eigenvalue weighted by atomic mass is 9.71. The van der Waals surface area contributed by atoms with E-state index in [0.717, 1.165) is 29.9 Å². The first-order valence-corrected chi connectivity index (χ1v) is 10.5. The molecule has 0 radical (unpaired) electrons. The summed E-state index contributed by atoms with van der Waals surface area (Å²) < 4.78 is 6.54. The van der Waals surface area contributed by atoms with Gasteiger partial charge in [0.2, 0.25) is 5.72 Å². The first kappa shape index (κ1) is 17.3. The summed E-state index contributed by atoms with van der Waals surface area (Å²) in [5.41, 5.74) is 1.27. The Bertz CT molecular complexity index is 953. The van der Waals surface area contributed by atoms with E-state index < -0.39 is 5.72 Å². The van der Waals surface area contributed by atoms with E-state index in [0.29, 0.717) is 17.9 Å². The highest BCUT2D eigenvalue weighted by Gasteiger charge is 2.56. The van der Waals surface area contributed by atoms with Crippen molar-refractivity contribution in [1.82, 2.24) is 5.01 Å². The van der Waals surface area contributed by atoms with Gasteiger partial charge in [-0.25, -0.2) is 5.01 Å². The van der Waals surface area contributed by atoms with Crippen LogP contribution < -0.4 is 4.74 Å². The number of ether oxygens (including phenoxy) is 1. The fourth-order valence-electron chi connectivity index (χ4n) is 4.86. The number of nitrogens with zero attached hydrogens (tertiary/aromatic N) is 2. The van der Waals surface area contributed by atoms with Gasteiger partial charge in [0.15, 0.2) is 0 Å². The SMILES string of the molecule is CC1(C)CC(=O)CC2(C1)Oc1ccc(Cl)cc1C1CC(c3cccs3)=NN12. The number of carbonyl (C=O) groups excluding carboxylic acids is 1. The molecule has 140 valence electrons. The first-order chi connectivity index (χ1) is 12.9. The van der Waals surface area contributed by atoms with E-state index in [4.69, 9.17) is 21.4 Å². The fourth-order valence-corrected chi connectivity index (χ4v) is 5.76. The molecule has 27 heavy (non-hydrogen) atoms. The number of thiophene rings is 1. The van der Waals surface area contributed by atoms with Gasteiger partial charge in [-0.2, -0.15) is 5.10 Å². The molecule has 1 aliphatic carbocycles. The van der Waals surface area contributed by atoms with E-state index in [1.807, 2.05) is 24.3 Å². The largest absolute Gasteiger partial charge is 0.466 e. The molecule has 1 spiro atoms. The van der Waals surface area contributed by atoms with Crippen molar-refractivity contribution in [3.05, 3.63) is 51.2 Å². The van der Waals surface area contributed by atoms with Crippen LogP contribution in [0.3, 0.4) is 0 Å². The number of carbonyl (C=O) groups is 1. The van der Waals surface area contributed by atoms with E-state index in [9.17, 15) is 4.79 Å². The third kappa shape index (κ3) is 2.79. The van der Waals surface area contributed by atoms with Crippen LogP contribution in [0.25, 0.3) is 0 Å². The standard InChI is InChI=1S/C21H21ClN2O2S/c1-20(2)10-14(25)11-21(12-20)24-17(9-16(23-24)19-4-3-7-27-19)15-8-13(22)5-6-18(15)26-21/h3-8,17H,9-12H2,1-2H3. The van der Waals surface area contributed by atoms with Gasteiger partial charge >= 0.3 is 0 Å². The minimum absolute atomic E-state index is 0.0475. The quantitative estimate of drug-likeness (QED) is 0.641. The zero-order valence-corrected chi connectivity index (χ0v) is 16.9. The first-order valence-electron chi connectivity index (χ1n) is 9.26. The second-order valence-corrected chi connectivity index (χ2v) is 9.94. The van der Waals surface area contributed by atoms with E-state index in [1.54, 1.807) is 11.3 Å². The molecular formula is C21H21ClN2O2S. The molecule has 3 heterocycles. The molecular weight excluding hydrogens is 380 g/mol. The molecule has 6 heteroatoms. The van der Waals surface area contributed by atoms with Crippen molar-refractivity contribution in [3.8, 4) is 5.75 Å². The van der Waals surface area contributed by atoms with Gasteiger partial charge in [0.05, 0.1) is 23.1 Å². The number of halogens is 1. The lowest BCUT2D eigenvalue weighted by Gasteiger charge is -2.52. The number of ketones is 1. The number of fused-ring (bicyclic) bond motifs is 4. The summed E-state index contributed by atoms with van der Waals surface area (Å²) in [7, 11) is 0. The predicted molar refractivity (Wildman–Crippen MR) is 108 cm³/mol. The van der Waals surface area contributed by atoms with Gasteiger partial charge < -0.3 is 4.74 Å². The van der Waals surface area contributed by atoms with Gasteiger partial charge in [-0.1, -0.05) is 31.5 Å². The molecule has 1 saturated carbocycles. The van der Waals surface area contributed by atoms with Gasteiger partial charge in [0.25, 0.3) is 0 Å². The number of hydrazone groups is 1. The maximum atomic E-state index is 12.6. The average Bonchev–Trinajstić information content (AvgIpc) is 3.23. The zero-order chi connectivity index (χ0) is 18.8. The minimum Gasteiger partial charge on any atom is -0.466 e. The Hall–Kier alpha value is -1.85. The Morgan fingerprint density at radius 3 is 2.89 bits per heavy atom. The fraction of sp³-hybridized carbons (Fsp3) is 0.429. The molecule has 0 N–H and O–H groups in total. The van der Waals surface area contributed by atoms with Gasteiger partial charge in [0.1, 0.15) is 11.5 Å². The van der Waals surface area contributed by atoms with Crippen LogP contribution in [0.1, 0.15) is 56.0 Å². The molecule has 4 nitrogen and oxygen atoms in total. The summed E-state index contributed by atoms with van der Waals surface area (Å²) in [6, 6.07) is 9.96. The van der Waals surface area contributed by atoms with Gasteiger partial charge in [0, 0.05) is 29.8 Å². The van der Waals surface area contributed by atoms with Crippen molar-refractivity contribution in [3.63, 3.8) is 0 Å². The van der Waals surface area contributed by atoms with Crippen LogP contribution >= 0.6 is 22.9 Å². The summed E-state index contributed by atoms with van der Waals surface area (Å²) in [5.74, 6) is 1.07. The highest BCUT2D eigenvalue weighted by Crippen LogP contribution is 2.54. The lowest BCUT2D eigenvalue weighted by Crippen LogP contribution is -2.59. The molecule has 1 fully saturated rings. The van der Waals surface area contributed by atoms with Crippen LogP contribution in [0.4, 0.5) is 0 Å². The molecule has 3 aliphatic rings. The van der Waals surface area contributed by atoms with Crippen LogP contribution in [-0.2, 0) is 4.79 Å². The second kappa shape index (κ2) is 5.82. The number of hydrogen-bond acceptors (Lipinski definition) is 5. The molecule has 0 amide bonds. The van der Waals surface area contributed by atoms with Crippen LogP contribution in [0.5, 0.6) is 5.75 Å². The van der Waals surface area contributed by atoms with Crippen LogP contribution in [0.2, 0.25) is 5.02 Å². The number of rotatable bonds is 1. The summed E-state index contributed by atoms with van der Waals surface area (Å²) in [4.78, 5) is 13.8. The van der Waals surface area contributed by atoms with Gasteiger partial charge in [-0.15, -0.1) is 11.3 Å². The highest BCUT2D eigenvalue weighted by molar-refractivity contribution is 7.12. The Morgan fingerprint density at radius 2 is 2.15 bits per heavy atom. The van der Waals surface area contributed by atoms with Crippen molar-refractivity contribution in [2.24, 2.45) is 10.5 Å². The lowest BCUT2D eigenvalue weighted by molar-refractivity contribution is -0.171. The van der Waals surface area contributed by atoms with Crippen molar-refractivity contribution in [1.29, 1.82) is 0 Å². The molecule has 1 aromatic carbocycles. The second-order valence-electron chi connectivity index (χ2n) is 8.55. The van der Waals surface area contributed by atoms with Gasteiger partial charge in [-0.05, 0) is 35.1 Å². The molecule has 5 rings (SSSR count). The summed E-state index contributed by atoms with van der Waals surface area (Å²) >= 11 is 7.98. The highest BCUT2D eigenvalue weighted by atomic mass is 35.5. The molecule has 2 atom stereocenters. The molecule has 2 aromatic rings. The van der Waals surface area contributed by atoms with Gasteiger partial charge in [-0.3, -0.25) is 4.79 Å². The Morgan fingerprint density at radius 1 is 1.30 bits per heavy atom. The monoisotopic (exact) mass is 400 g/mol. The Labute approximate surface area is 167 Å². The smallest absolute Gasteiger partial charge is 0.205 e. The molecule has 2 aliphatic heterocycles. The topological polar surface area (TPSA) is 41.9 Å². The summed E-state index contributed by atoms with van der Waals surface area (Å²) in [6.45, 7) is 4.28. The number of Topliss-reactive ketones (excluding diaryl/α,β-unsaturated/α-hetero) is 1. The van der Waals surface area contributed by atoms with Crippen molar-refractivity contribution in [2.75, 3.05) is 0 Å².